The number of nitrogens with zero attached hydrogens (tertiary/aromatic N) is 4. The number of hydrogen-bond donors (Lipinski definition) is 1. The van der Waals surface area contributed by atoms with E-state index < -0.39 is 36.1 Å². The first-order valence-corrected chi connectivity index (χ1v) is 12.8. The van der Waals surface area contributed by atoms with Crippen molar-refractivity contribution in [3.8, 4) is 0 Å². The van der Waals surface area contributed by atoms with Crippen LogP contribution in [0.2, 0.25) is 0 Å². The van der Waals surface area contributed by atoms with Gasteiger partial charge >= 0.3 is 13.2 Å². The molecule has 10 nitrogen and oxygen atoms in total. The van der Waals surface area contributed by atoms with E-state index in [1.165, 1.54) is 0 Å². The summed E-state index contributed by atoms with van der Waals surface area (Å²) in [4.78, 5) is 38.2. The van der Waals surface area contributed by atoms with Crippen LogP contribution in [0.4, 0.5) is 10.7 Å². The summed E-state index contributed by atoms with van der Waals surface area (Å²) in [5.41, 5.74) is -0.720. The van der Waals surface area contributed by atoms with E-state index in [9.17, 15) is 9.59 Å². The average Bonchev–Trinajstić information content (AvgIpc) is 2.99. The van der Waals surface area contributed by atoms with E-state index >= 15 is 0 Å². The number of likely N-dealkylation sites (N-methyl/N-ethyl adjacent to an activating group) is 1. The number of ether oxygens (including phenoxy) is 1. The Labute approximate surface area is 215 Å². The number of carbonyl (C=O) groups excluding carboxylic acids is 2. The highest BCUT2D eigenvalue weighted by molar-refractivity contribution is 6.61. The Bertz CT molecular complexity index is 918. The summed E-state index contributed by atoms with van der Waals surface area (Å²) in [5.74, 6) is 0.448. The quantitative estimate of drug-likeness (QED) is 0.591. The highest BCUT2D eigenvalue weighted by Gasteiger charge is 2.52. The van der Waals surface area contributed by atoms with Gasteiger partial charge in [-0.2, -0.15) is 0 Å². The van der Waals surface area contributed by atoms with Gasteiger partial charge < -0.3 is 29.2 Å². The molecule has 1 N–H and O–H groups in total. The Morgan fingerprint density at radius 2 is 1.78 bits per heavy atom. The van der Waals surface area contributed by atoms with Crippen molar-refractivity contribution in [1.82, 2.24) is 20.2 Å². The second-order valence-corrected chi connectivity index (χ2v) is 11.8. The lowest BCUT2D eigenvalue weighted by molar-refractivity contribution is -0.136. The summed E-state index contributed by atoms with van der Waals surface area (Å²) in [6.07, 6.45) is 5.73. The molecule has 1 aromatic rings. The van der Waals surface area contributed by atoms with Gasteiger partial charge in [-0.05, 0) is 74.7 Å². The van der Waals surface area contributed by atoms with Gasteiger partial charge in [0, 0.05) is 44.0 Å². The number of alkyl carbamates (subject to hydrolysis) is 1. The fraction of sp³-hybridized carbons (Fsp3) is 0.760. The lowest BCUT2D eigenvalue weighted by Gasteiger charge is -2.39. The van der Waals surface area contributed by atoms with E-state index in [4.69, 9.17) is 14.0 Å². The first-order chi connectivity index (χ1) is 16.6. The molecule has 2 aliphatic rings. The molecule has 0 saturated carbocycles. The molecule has 2 aliphatic heterocycles. The molecule has 2 saturated heterocycles. The van der Waals surface area contributed by atoms with E-state index in [0.29, 0.717) is 19.0 Å². The SMILES string of the molecule is C[C@H](NC(=O)OC(C)(C)C)C(=O)N1CCCC[C@H]1CN(C)c1ncc(B2OC(C)(C)C(C)(C)O2)cn1. The maximum Gasteiger partial charge on any atom is 0.498 e. The normalized spacial score (nSPS) is 22.2. The molecular weight excluding hydrogens is 461 g/mol. The number of hydrogen-bond acceptors (Lipinski definition) is 8. The van der Waals surface area contributed by atoms with Crippen molar-refractivity contribution in [3.63, 3.8) is 0 Å². The zero-order valence-corrected chi connectivity index (χ0v) is 23.3. The Hall–Kier alpha value is -2.40. The zero-order chi connectivity index (χ0) is 26.9. The topological polar surface area (TPSA) is 106 Å². The molecule has 36 heavy (non-hydrogen) atoms. The van der Waals surface area contributed by atoms with Crippen LogP contribution < -0.4 is 15.7 Å². The highest BCUT2D eigenvalue weighted by Crippen LogP contribution is 2.36. The van der Waals surface area contributed by atoms with E-state index in [1.54, 1.807) is 40.1 Å². The zero-order valence-electron chi connectivity index (χ0n) is 23.3. The molecule has 11 heteroatoms. The van der Waals surface area contributed by atoms with Crippen LogP contribution in [0.3, 0.4) is 0 Å². The molecule has 2 fully saturated rings. The van der Waals surface area contributed by atoms with Gasteiger partial charge in [-0.1, -0.05) is 0 Å². The van der Waals surface area contributed by atoms with Crippen molar-refractivity contribution in [2.75, 3.05) is 25.0 Å². The number of amides is 2. The van der Waals surface area contributed by atoms with E-state index in [-0.39, 0.29) is 11.9 Å². The van der Waals surface area contributed by atoms with Crippen LogP contribution in [0.5, 0.6) is 0 Å². The maximum atomic E-state index is 13.2. The van der Waals surface area contributed by atoms with Gasteiger partial charge in [0.2, 0.25) is 11.9 Å². The minimum absolute atomic E-state index is 0.00879. The van der Waals surface area contributed by atoms with Gasteiger partial charge in [-0.25, -0.2) is 14.8 Å². The standard InChI is InChI=1S/C25H42BN5O5/c1-17(29-22(33)34-23(2,3)4)20(32)31-13-11-10-12-19(31)16-30(9)21-27-14-18(15-28-21)26-35-24(5,6)25(7,8)36-26/h14-15,17,19H,10-13,16H2,1-9H3,(H,29,33)/t17-,19-/m0/s1. The van der Waals surface area contributed by atoms with Gasteiger partial charge in [0.15, 0.2) is 0 Å². The summed E-state index contributed by atoms with van der Waals surface area (Å²) in [6, 6.07) is -0.688. The fourth-order valence-corrected chi connectivity index (χ4v) is 4.30. The Kier molecular flexibility index (Phi) is 8.25. The Balaban J connectivity index is 1.62. The van der Waals surface area contributed by atoms with Gasteiger partial charge in [0.1, 0.15) is 11.6 Å². The minimum Gasteiger partial charge on any atom is -0.444 e. The van der Waals surface area contributed by atoms with Crippen LogP contribution >= 0.6 is 0 Å². The molecule has 2 atom stereocenters. The van der Waals surface area contributed by atoms with Gasteiger partial charge in [0.05, 0.1) is 11.2 Å². The smallest absolute Gasteiger partial charge is 0.444 e. The predicted octanol–water partition coefficient (Wildman–Crippen LogP) is 2.51. The van der Waals surface area contributed by atoms with Gasteiger partial charge in [0.25, 0.3) is 0 Å². The molecule has 0 unspecified atom stereocenters. The van der Waals surface area contributed by atoms with Crippen LogP contribution in [0.15, 0.2) is 12.4 Å². The number of rotatable bonds is 6. The lowest BCUT2D eigenvalue weighted by Crippen LogP contribution is -2.55. The molecule has 0 aliphatic carbocycles. The van der Waals surface area contributed by atoms with Crippen molar-refractivity contribution in [2.24, 2.45) is 0 Å². The highest BCUT2D eigenvalue weighted by atomic mass is 16.7. The van der Waals surface area contributed by atoms with Crippen molar-refractivity contribution >= 4 is 30.5 Å². The monoisotopic (exact) mass is 503 g/mol. The maximum absolute atomic E-state index is 13.2. The first-order valence-electron chi connectivity index (χ1n) is 12.8. The van der Waals surface area contributed by atoms with E-state index in [2.05, 4.69) is 15.3 Å². The van der Waals surface area contributed by atoms with Crippen LogP contribution in [0.1, 0.15) is 74.7 Å². The van der Waals surface area contributed by atoms with E-state index in [0.717, 1.165) is 24.7 Å². The number of carbonyl (C=O) groups is 2. The van der Waals surface area contributed by atoms with Crippen molar-refractivity contribution in [2.45, 2.75) is 104 Å². The van der Waals surface area contributed by atoms with Crippen LogP contribution in [-0.4, -0.2) is 83.0 Å². The third-order valence-electron chi connectivity index (χ3n) is 7.02. The number of aromatic nitrogens is 2. The number of anilines is 1. The fourth-order valence-electron chi connectivity index (χ4n) is 4.30. The molecule has 0 spiro atoms. The summed E-state index contributed by atoms with van der Waals surface area (Å²) >= 11 is 0. The van der Waals surface area contributed by atoms with Crippen molar-refractivity contribution < 1.29 is 23.6 Å². The molecule has 200 valence electrons. The molecule has 0 bridgehead atoms. The van der Waals surface area contributed by atoms with Crippen molar-refractivity contribution in [3.05, 3.63) is 12.4 Å². The summed E-state index contributed by atoms with van der Waals surface area (Å²) < 4.78 is 17.5. The molecule has 3 heterocycles. The van der Waals surface area contributed by atoms with Crippen LogP contribution in [0.25, 0.3) is 0 Å². The van der Waals surface area contributed by atoms with E-state index in [1.807, 2.05) is 44.5 Å². The third-order valence-corrected chi connectivity index (χ3v) is 7.02. The molecule has 2 amide bonds. The molecule has 0 aromatic carbocycles. The van der Waals surface area contributed by atoms with Gasteiger partial charge in [-0.3, -0.25) is 4.79 Å². The van der Waals surface area contributed by atoms with Gasteiger partial charge in [-0.15, -0.1) is 0 Å². The number of likely N-dealkylation sites (tertiary alicyclic amines) is 1. The second kappa shape index (κ2) is 10.5. The minimum atomic E-state index is -0.679. The number of nitrogens with one attached hydrogen (secondary N) is 1. The summed E-state index contributed by atoms with van der Waals surface area (Å²) in [7, 11) is 1.41. The Morgan fingerprint density at radius 1 is 1.19 bits per heavy atom. The first kappa shape index (κ1) is 28.2. The van der Waals surface area contributed by atoms with Crippen LogP contribution in [0, 0.1) is 0 Å². The third kappa shape index (κ3) is 6.67. The lowest BCUT2D eigenvalue weighted by atomic mass is 9.81. The predicted molar refractivity (Wildman–Crippen MR) is 139 cm³/mol. The second-order valence-electron chi connectivity index (χ2n) is 11.8. The molecule has 1 aromatic heterocycles. The summed E-state index contributed by atoms with van der Waals surface area (Å²) in [5, 5.41) is 2.67. The molecular formula is C25H42BN5O5. The largest absolute Gasteiger partial charge is 0.498 e. The number of piperidine rings is 1. The van der Waals surface area contributed by atoms with Crippen molar-refractivity contribution in [1.29, 1.82) is 0 Å². The average molecular weight is 503 g/mol. The summed E-state index contributed by atoms with van der Waals surface area (Å²) in [6.45, 7) is 16.3. The molecule has 3 rings (SSSR count). The Morgan fingerprint density at radius 3 is 2.33 bits per heavy atom. The van der Waals surface area contributed by atoms with Crippen LogP contribution in [-0.2, 0) is 18.8 Å². The molecule has 0 radical (unpaired) electrons.